The summed E-state index contributed by atoms with van der Waals surface area (Å²) in [5, 5.41) is 19.5. The lowest BCUT2D eigenvalue weighted by atomic mass is 10.1. The van der Waals surface area contributed by atoms with Gasteiger partial charge in [-0.25, -0.2) is 0 Å². The van der Waals surface area contributed by atoms with Gasteiger partial charge in [0.05, 0.1) is 10.8 Å². The molecule has 1 rings (SSSR count). The summed E-state index contributed by atoms with van der Waals surface area (Å²) in [6.45, 7) is 3.09. The molecule has 104 valence electrons. The van der Waals surface area contributed by atoms with Crippen LogP contribution in [0.3, 0.4) is 0 Å². The van der Waals surface area contributed by atoms with Crippen molar-refractivity contribution in [3.05, 3.63) is 39.4 Å². The van der Waals surface area contributed by atoms with Gasteiger partial charge in [-0.15, -0.1) is 0 Å². The molecule has 0 aromatic heterocycles. The van der Waals surface area contributed by atoms with Crippen LogP contribution in [-0.2, 0) is 21.3 Å². The fourth-order valence-electron chi connectivity index (χ4n) is 1.61. The highest BCUT2D eigenvalue weighted by molar-refractivity contribution is 7.84. The second-order valence-electron chi connectivity index (χ2n) is 4.31. The molecule has 0 saturated heterocycles. The first-order valence-corrected chi connectivity index (χ1v) is 7.12. The largest absolute Gasteiger partial charge is 0.481 e. The molecular weight excluding hydrogens is 270 g/mol. The molecule has 6 nitrogen and oxygen atoms in total. The molecule has 0 bridgehead atoms. The summed E-state index contributed by atoms with van der Waals surface area (Å²) in [6.07, 6.45) is 0. The van der Waals surface area contributed by atoms with Gasteiger partial charge in [-0.05, 0) is 12.5 Å². The van der Waals surface area contributed by atoms with Gasteiger partial charge >= 0.3 is 5.97 Å². The lowest BCUT2D eigenvalue weighted by Gasteiger charge is -2.08. The number of hydrogen-bond acceptors (Lipinski definition) is 4. The molecule has 0 saturated carbocycles. The van der Waals surface area contributed by atoms with E-state index in [0.717, 1.165) is 0 Å². The first kappa shape index (κ1) is 15.3. The van der Waals surface area contributed by atoms with E-state index < -0.39 is 27.6 Å². The molecule has 0 aliphatic carbocycles. The fraction of sp³-hybridized carbons (Fsp3) is 0.417. The number of nitrogens with zero attached hydrogens (tertiary/aromatic N) is 1. The minimum Gasteiger partial charge on any atom is -0.481 e. The predicted octanol–water partition coefficient (Wildman–Crippen LogP) is 1.87. The van der Waals surface area contributed by atoms with E-state index in [-0.39, 0.29) is 17.2 Å². The lowest BCUT2D eigenvalue weighted by Crippen LogP contribution is -2.18. The highest BCUT2D eigenvalue weighted by Gasteiger charge is 2.18. The molecule has 0 radical (unpaired) electrons. The van der Waals surface area contributed by atoms with Crippen molar-refractivity contribution in [2.24, 2.45) is 5.92 Å². The van der Waals surface area contributed by atoms with Gasteiger partial charge < -0.3 is 5.11 Å². The van der Waals surface area contributed by atoms with Crippen molar-refractivity contribution >= 4 is 22.5 Å². The van der Waals surface area contributed by atoms with Crippen molar-refractivity contribution in [2.75, 3.05) is 5.75 Å². The average molecular weight is 285 g/mol. The number of nitro benzene ring substituents is 1. The molecule has 7 heteroatoms. The quantitative estimate of drug-likeness (QED) is 0.635. The number of aliphatic carboxylic acids is 1. The summed E-state index contributed by atoms with van der Waals surface area (Å²) < 4.78 is 11.8. The smallest absolute Gasteiger partial charge is 0.307 e. The molecule has 0 amide bonds. The minimum absolute atomic E-state index is 0.0132. The number of benzene rings is 1. The maximum absolute atomic E-state index is 11.8. The standard InChI is InChI=1S/C12H15NO5S/c1-8(12(14)15)6-19(18)7-10-4-3-5-11(9(10)2)13(16)17/h3-5,8H,6-7H2,1-2H3,(H,14,15). The SMILES string of the molecule is Cc1c(CS(=O)CC(C)C(=O)O)cccc1[N+](=O)[O-]. The van der Waals surface area contributed by atoms with Crippen LogP contribution in [0.1, 0.15) is 18.1 Å². The van der Waals surface area contributed by atoms with E-state index in [1.54, 1.807) is 13.0 Å². The highest BCUT2D eigenvalue weighted by atomic mass is 32.2. The van der Waals surface area contributed by atoms with Crippen LogP contribution in [0.2, 0.25) is 0 Å². The topological polar surface area (TPSA) is 97.5 Å². The van der Waals surface area contributed by atoms with Crippen molar-refractivity contribution in [3.63, 3.8) is 0 Å². The van der Waals surface area contributed by atoms with E-state index in [4.69, 9.17) is 5.11 Å². The number of carboxylic acid groups (broad SMARTS) is 1. The Hall–Kier alpha value is -1.76. The summed E-state index contributed by atoms with van der Waals surface area (Å²) in [4.78, 5) is 21.0. The fourth-order valence-corrected chi connectivity index (χ4v) is 3.08. The van der Waals surface area contributed by atoms with Gasteiger partial charge in [0.15, 0.2) is 0 Å². The molecule has 2 atom stereocenters. The first-order chi connectivity index (χ1) is 8.82. The van der Waals surface area contributed by atoms with Gasteiger partial charge in [-0.3, -0.25) is 19.1 Å². The van der Waals surface area contributed by atoms with Crippen molar-refractivity contribution in [1.29, 1.82) is 0 Å². The molecular formula is C12H15NO5S. The minimum atomic E-state index is -1.36. The van der Waals surface area contributed by atoms with Gasteiger partial charge in [0, 0.05) is 33.9 Å². The van der Waals surface area contributed by atoms with Crippen LogP contribution in [-0.4, -0.2) is 26.0 Å². The molecule has 2 unspecified atom stereocenters. The normalized spacial score (nSPS) is 13.8. The number of nitro groups is 1. The van der Waals surface area contributed by atoms with Gasteiger partial charge in [0.2, 0.25) is 0 Å². The van der Waals surface area contributed by atoms with Crippen molar-refractivity contribution < 1.29 is 19.0 Å². The summed E-state index contributed by atoms with van der Waals surface area (Å²) in [5.41, 5.74) is 1.08. The Bertz CT molecular complexity index is 529. The number of carboxylic acids is 1. The highest BCUT2D eigenvalue weighted by Crippen LogP contribution is 2.22. The molecule has 0 spiro atoms. The van der Waals surface area contributed by atoms with Crippen LogP contribution in [0, 0.1) is 23.0 Å². The molecule has 0 fully saturated rings. The van der Waals surface area contributed by atoms with E-state index in [2.05, 4.69) is 0 Å². The van der Waals surface area contributed by atoms with E-state index >= 15 is 0 Å². The number of carbonyl (C=O) groups is 1. The summed E-state index contributed by atoms with van der Waals surface area (Å²) in [6, 6.07) is 4.60. The Morgan fingerprint density at radius 2 is 2.16 bits per heavy atom. The van der Waals surface area contributed by atoms with Gasteiger partial charge in [0.1, 0.15) is 0 Å². The second-order valence-corrected chi connectivity index (χ2v) is 5.81. The van der Waals surface area contributed by atoms with Crippen molar-refractivity contribution in [1.82, 2.24) is 0 Å². The van der Waals surface area contributed by atoms with Crippen LogP contribution >= 0.6 is 0 Å². The molecule has 1 aromatic rings. The summed E-state index contributed by atoms with van der Waals surface area (Å²) in [7, 11) is -1.36. The summed E-state index contributed by atoms with van der Waals surface area (Å²) >= 11 is 0. The Balaban J connectivity index is 2.83. The molecule has 0 heterocycles. The Labute approximate surface area is 113 Å². The van der Waals surface area contributed by atoms with Crippen LogP contribution in [0.4, 0.5) is 5.69 Å². The second kappa shape index (κ2) is 6.42. The maximum Gasteiger partial charge on any atom is 0.307 e. The van der Waals surface area contributed by atoms with E-state index in [1.807, 2.05) is 0 Å². The zero-order chi connectivity index (χ0) is 14.6. The monoisotopic (exact) mass is 285 g/mol. The van der Waals surface area contributed by atoms with Crippen molar-refractivity contribution in [2.45, 2.75) is 19.6 Å². The third-order valence-corrected chi connectivity index (χ3v) is 4.29. The zero-order valence-electron chi connectivity index (χ0n) is 10.7. The molecule has 19 heavy (non-hydrogen) atoms. The van der Waals surface area contributed by atoms with Gasteiger partial charge in [-0.2, -0.15) is 0 Å². The third-order valence-electron chi connectivity index (χ3n) is 2.79. The van der Waals surface area contributed by atoms with Gasteiger partial charge in [0.25, 0.3) is 5.69 Å². The van der Waals surface area contributed by atoms with Crippen LogP contribution in [0.15, 0.2) is 18.2 Å². The van der Waals surface area contributed by atoms with Crippen LogP contribution in [0.25, 0.3) is 0 Å². The Kier molecular flexibility index (Phi) is 5.17. The third kappa shape index (κ3) is 4.13. The predicted molar refractivity (Wildman–Crippen MR) is 71.3 cm³/mol. The summed E-state index contributed by atoms with van der Waals surface area (Å²) in [5.74, 6) is -1.52. The number of hydrogen-bond donors (Lipinski definition) is 1. The maximum atomic E-state index is 11.8. The van der Waals surface area contributed by atoms with Crippen LogP contribution < -0.4 is 0 Å². The zero-order valence-corrected chi connectivity index (χ0v) is 11.5. The van der Waals surface area contributed by atoms with E-state index in [1.165, 1.54) is 19.1 Å². The lowest BCUT2D eigenvalue weighted by molar-refractivity contribution is -0.385. The number of rotatable bonds is 6. The van der Waals surface area contributed by atoms with Gasteiger partial charge in [-0.1, -0.05) is 19.1 Å². The Morgan fingerprint density at radius 3 is 2.68 bits per heavy atom. The molecule has 0 aliphatic heterocycles. The molecule has 0 aliphatic rings. The molecule has 1 N–H and O–H groups in total. The van der Waals surface area contributed by atoms with E-state index in [0.29, 0.717) is 11.1 Å². The van der Waals surface area contributed by atoms with Crippen molar-refractivity contribution in [3.8, 4) is 0 Å². The first-order valence-electron chi connectivity index (χ1n) is 5.63. The molecule has 1 aromatic carbocycles. The Morgan fingerprint density at radius 1 is 1.53 bits per heavy atom. The van der Waals surface area contributed by atoms with E-state index in [9.17, 15) is 19.1 Å². The van der Waals surface area contributed by atoms with Crippen LogP contribution in [0.5, 0.6) is 0 Å². The average Bonchev–Trinajstić information content (AvgIpc) is 2.31.